The number of nitrogens with zero attached hydrogens (tertiary/aromatic N) is 3. The highest BCUT2D eigenvalue weighted by atomic mass is 16.1. The van der Waals surface area contributed by atoms with Crippen molar-refractivity contribution < 1.29 is 4.57 Å². The van der Waals surface area contributed by atoms with Gasteiger partial charge in [0.2, 0.25) is 0 Å². The normalized spacial score (nSPS) is 11.4. The number of aromatic amines is 1. The van der Waals surface area contributed by atoms with Gasteiger partial charge in [-0.25, -0.2) is 4.98 Å². The first-order valence-corrected chi connectivity index (χ1v) is 7.10. The number of benzene rings is 1. The molecular formula is C17H15N4O+. The lowest BCUT2D eigenvalue weighted by Gasteiger charge is -1.99. The molecule has 0 aliphatic heterocycles. The van der Waals surface area contributed by atoms with Crippen LogP contribution >= 0.6 is 0 Å². The van der Waals surface area contributed by atoms with Crippen LogP contribution in [0.2, 0.25) is 0 Å². The third-order valence-corrected chi connectivity index (χ3v) is 3.91. The molecular weight excluding hydrogens is 276 g/mol. The molecule has 0 saturated carbocycles. The number of fused-ring (bicyclic) bond motifs is 3. The standard InChI is InChI=1S/C17H14N4O/c1-11-7-8-14(18-9-11)21-17(22)16-15(19-21)13-6-4-3-5-12(13)10-20(16)2/h3-10H,1-2H3/p+1. The van der Waals surface area contributed by atoms with Crippen molar-refractivity contribution in [3.63, 3.8) is 0 Å². The SMILES string of the molecule is Cc1ccc(-n2[nH]c3c4ccccc4c[n+](C)c3c2=O)nc1. The predicted octanol–water partition coefficient (Wildman–Crippen LogP) is 2.00. The lowest BCUT2D eigenvalue weighted by molar-refractivity contribution is -0.644. The number of H-pyrrole nitrogens is 1. The van der Waals surface area contributed by atoms with Gasteiger partial charge in [-0.2, -0.15) is 9.25 Å². The summed E-state index contributed by atoms with van der Waals surface area (Å²) in [5.74, 6) is 0.593. The van der Waals surface area contributed by atoms with E-state index in [1.54, 1.807) is 6.20 Å². The lowest BCUT2D eigenvalue weighted by Crippen LogP contribution is -2.33. The fourth-order valence-electron chi connectivity index (χ4n) is 2.81. The fourth-order valence-corrected chi connectivity index (χ4v) is 2.81. The van der Waals surface area contributed by atoms with Gasteiger partial charge in [-0.05, 0) is 24.6 Å². The Bertz CT molecular complexity index is 1060. The van der Waals surface area contributed by atoms with Crippen LogP contribution < -0.4 is 10.1 Å². The summed E-state index contributed by atoms with van der Waals surface area (Å²) in [6, 6.07) is 11.8. The third-order valence-electron chi connectivity index (χ3n) is 3.91. The van der Waals surface area contributed by atoms with Gasteiger partial charge >= 0.3 is 5.56 Å². The van der Waals surface area contributed by atoms with E-state index in [1.807, 2.05) is 61.1 Å². The van der Waals surface area contributed by atoms with Gasteiger partial charge in [0.05, 0.1) is 0 Å². The summed E-state index contributed by atoms with van der Waals surface area (Å²) in [4.78, 5) is 17.1. The Morgan fingerprint density at radius 2 is 2.00 bits per heavy atom. The summed E-state index contributed by atoms with van der Waals surface area (Å²) in [6.45, 7) is 1.97. The maximum Gasteiger partial charge on any atom is 0.345 e. The van der Waals surface area contributed by atoms with Gasteiger partial charge in [-0.3, -0.25) is 9.89 Å². The highest BCUT2D eigenvalue weighted by Gasteiger charge is 2.20. The highest BCUT2D eigenvalue weighted by molar-refractivity contribution is 6.01. The smallest absolute Gasteiger partial charge is 0.282 e. The molecule has 3 heterocycles. The van der Waals surface area contributed by atoms with Gasteiger partial charge in [0, 0.05) is 17.0 Å². The summed E-state index contributed by atoms with van der Waals surface area (Å²) in [6.07, 6.45) is 3.73. The Labute approximate surface area is 126 Å². The molecule has 0 radical (unpaired) electrons. The minimum atomic E-state index is -0.0976. The maximum absolute atomic E-state index is 12.7. The molecule has 1 N–H and O–H groups in total. The zero-order valence-electron chi connectivity index (χ0n) is 12.4. The van der Waals surface area contributed by atoms with Crippen LogP contribution in [0.3, 0.4) is 0 Å². The maximum atomic E-state index is 12.7. The van der Waals surface area contributed by atoms with E-state index in [2.05, 4.69) is 10.1 Å². The number of hydrogen-bond acceptors (Lipinski definition) is 2. The molecule has 4 aromatic rings. The third kappa shape index (κ3) is 1.75. The van der Waals surface area contributed by atoms with Crippen LogP contribution in [-0.2, 0) is 7.05 Å². The van der Waals surface area contributed by atoms with Crippen molar-refractivity contribution in [2.24, 2.45) is 7.05 Å². The molecule has 4 rings (SSSR count). The molecule has 3 aromatic heterocycles. The summed E-state index contributed by atoms with van der Waals surface area (Å²) < 4.78 is 3.36. The number of pyridine rings is 2. The summed E-state index contributed by atoms with van der Waals surface area (Å²) in [5, 5.41) is 5.32. The first-order valence-electron chi connectivity index (χ1n) is 7.10. The topological polar surface area (TPSA) is 54.6 Å². The second-order valence-corrected chi connectivity index (χ2v) is 5.50. The van der Waals surface area contributed by atoms with Crippen LogP contribution in [0.4, 0.5) is 0 Å². The van der Waals surface area contributed by atoms with E-state index in [4.69, 9.17) is 0 Å². The molecule has 0 atom stereocenters. The van der Waals surface area contributed by atoms with Crippen molar-refractivity contribution >= 4 is 21.8 Å². The van der Waals surface area contributed by atoms with Crippen LogP contribution in [0.15, 0.2) is 53.6 Å². The van der Waals surface area contributed by atoms with Crippen LogP contribution in [0.1, 0.15) is 5.56 Å². The van der Waals surface area contributed by atoms with E-state index in [-0.39, 0.29) is 5.56 Å². The van der Waals surface area contributed by atoms with Crippen molar-refractivity contribution in [1.82, 2.24) is 14.8 Å². The average Bonchev–Trinajstić information content (AvgIpc) is 2.87. The molecule has 0 spiro atoms. The molecule has 22 heavy (non-hydrogen) atoms. The first-order chi connectivity index (χ1) is 10.6. The van der Waals surface area contributed by atoms with Crippen molar-refractivity contribution in [2.75, 3.05) is 0 Å². The summed E-state index contributed by atoms with van der Waals surface area (Å²) in [7, 11) is 1.89. The first kappa shape index (κ1) is 12.8. The molecule has 0 unspecified atom stereocenters. The molecule has 1 aromatic carbocycles. The highest BCUT2D eigenvalue weighted by Crippen LogP contribution is 2.19. The van der Waals surface area contributed by atoms with E-state index in [9.17, 15) is 4.79 Å². The fraction of sp³-hybridized carbons (Fsp3) is 0.118. The van der Waals surface area contributed by atoms with Gasteiger partial charge in [0.1, 0.15) is 12.6 Å². The number of rotatable bonds is 1. The zero-order chi connectivity index (χ0) is 15.3. The van der Waals surface area contributed by atoms with Crippen molar-refractivity contribution in [3.8, 4) is 5.82 Å². The predicted molar refractivity (Wildman–Crippen MR) is 85.1 cm³/mol. The van der Waals surface area contributed by atoms with Crippen molar-refractivity contribution in [1.29, 1.82) is 0 Å². The second kappa shape index (κ2) is 4.53. The monoisotopic (exact) mass is 291 g/mol. The molecule has 0 amide bonds. The Balaban J connectivity index is 2.12. The van der Waals surface area contributed by atoms with Crippen LogP contribution in [-0.4, -0.2) is 14.8 Å². The van der Waals surface area contributed by atoms with Gasteiger partial charge in [0.25, 0.3) is 5.52 Å². The zero-order valence-corrected chi connectivity index (χ0v) is 12.4. The Morgan fingerprint density at radius 1 is 1.18 bits per heavy atom. The molecule has 5 nitrogen and oxygen atoms in total. The van der Waals surface area contributed by atoms with Crippen molar-refractivity contribution in [2.45, 2.75) is 6.92 Å². The van der Waals surface area contributed by atoms with Gasteiger partial charge in [-0.1, -0.05) is 24.3 Å². The molecule has 0 bridgehead atoms. The van der Waals surface area contributed by atoms with Gasteiger partial charge in [0.15, 0.2) is 12.0 Å². The second-order valence-electron chi connectivity index (χ2n) is 5.50. The largest absolute Gasteiger partial charge is 0.345 e. The number of hydrogen-bond donors (Lipinski definition) is 1. The Hall–Kier alpha value is -2.95. The molecule has 0 saturated heterocycles. The Kier molecular flexibility index (Phi) is 2.63. The minimum Gasteiger partial charge on any atom is -0.282 e. The molecule has 0 fully saturated rings. The minimum absolute atomic E-state index is 0.0976. The summed E-state index contributed by atoms with van der Waals surface area (Å²) in [5.41, 5.74) is 2.43. The molecule has 0 aliphatic carbocycles. The van der Waals surface area contributed by atoms with E-state index >= 15 is 0 Å². The van der Waals surface area contributed by atoms with Crippen molar-refractivity contribution in [3.05, 3.63) is 64.7 Å². The number of aromatic nitrogens is 4. The van der Waals surface area contributed by atoms with Gasteiger partial charge < -0.3 is 0 Å². The summed E-state index contributed by atoms with van der Waals surface area (Å²) >= 11 is 0. The lowest BCUT2D eigenvalue weighted by atomic mass is 10.1. The Morgan fingerprint density at radius 3 is 2.77 bits per heavy atom. The van der Waals surface area contributed by atoms with Crippen LogP contribution in [0.25, 0.3) is 27.6 Å². The average molecular weight is 291 g/mol. The van der Waals surface area contributed by atoms with E-state index in [0.717, 1.165) is 21.9 Å². The van der Waals surface area contributed by atoms with E-state index in [1.165, 1.54) is 4.68 Å². The number of aryl methyl sites for hydroxylation is 2. The molecule has 0 aliphatic rings. The van der Waals surface area contributed by atoms with Gasteiger partial charge in [-0.15, -0.1) is 0 Å². The van der Waals surface area contributed by atoms with Crippen LogP contribution in [0, 0.1) is 6.92 Å². The molecule has 5 heteroatoms. The van der Waals surface area contributed by atoms with E-state index < -0.39 is 0 Å². The van der Waals surface area contributed by atoms with E-state index in [0.29, 0.717) is 11.3 Å². The number of nitrogens with one attached hydrogen (secondary N) is 1. The quantitative estimate of drug-likeness (QED) is 0.545. The van der Waals surface area contributed by atoms with Crippen LogP contribution in [0.5, 0.6) is 0 Å². The molecule has 108 valence electrons.